The van der Waals surface area contributed by atoms with E-state index in [-0.39, 0.29) is 5.91 Å². The van der Waals surface area contributed by atoms with Gasteiger partial charge in [-0.1, -0.05) is 0 Å². The van der Waals surface area contributed by atoms with Crippen LogP contribution in [0.4, 0.5) is 0 Å². The standard InChI is InChI=1S/C14H23N3O2S/c1-3-19-12-5-4-6-17(9-12)8-11-7-13(14(18)16-15)20-10(11)2/h7,12H,3-6,8-9,15H2,1-2H3,(H,16,18). The predicted molar refractivity (Wildman–Crippen MR) is 80.6 cm³/mol. The van der Waals surface area contributed by atoms with Gasteiger partial charge in [0.05, 0.1) is 11.0 Å². The summed E-state index contributed by atoms with van der Waals surface area (Å²) in [7, 11) is 0. The number of thiophene rings is 1. The highest BCUT2D eigenvalue weighted by molar-refractivity contribution is 7.14. The average molecular weight is 297 g/mol. The van der Waals surface area contributed by atoms with Crippen LogP contribution in [0.3, 0.4) is 0 Å². The Balaban J connectivity index is 1.99. The van der Waals surface area contributed by atoms with Gasteiger partial charge in [-0.25, -0.2) is 5.84 Å². The number of hydrogen-bond donors (Lipinski definition) is 2. The third-order valence-corrected chi connectivity index (χ3v) is 4.73. The van der Waals surface area contributed by atoms with E-state index < -0.39 is 0 Å². The fraction of sp³-hybridized carbons (Fsp3) is 0.643. The molecule has 0 radical (unpaired) electrons. The Morgan fingerprint density at radius 3 is 3.15 bits per heavy atom. The van der Waals surface area contributed by atoms with Gasteiger partial charge in [-0.2, -0.15) is 0 Å². The Bertz CT molecular complexity index is 459. The molecule has 0 bridgehead atoms. The van der Waals surface area contributed by atoms with Crippen molar-refractivity contribution >= 4 is 17.2 Å². The second kappa shape index (κ2) is 7.17. The van der Waals surface area contributed by atoms with Crippen molar-refractivity contribution in [2.75, 3.05) is 19.7 Å². The maximum absolute atomic E-state index is 11.5. The number of hydrogen-bond acceptors (Lipinski definition) is 5. The minimum absolute atomic E-state index is 0.213. The number of amides is 1. The molecule has 2 heterocycles. The second-order valence-electron chi connectivity index (χ2n) is 5.12. The number of rotatable bonds is 5. The van der Waals surface area contributed by atoms with Gasteiger partial charge in [0.1, 0.15) is 0 Å². The number of nitrogens with two attached hydrogens (primary N) is 1. The number of carbonyl (C=O) groups excluding carboxylic acids is 1. The largest absolute Gasteiger partial charge is 0.377 e. The monoisotopic (exact) mass is 297 g/mol. The number of ether oxygens (including phenoxy) is 1. The lowest BCUT2D eigenvalue weighted by Gasteiger charge is -2.32. The third-order valence-electron chi connectivity index (χ3n) is 3.63. The van der Waals surface area contributed by atoms with E-state index in [9.17, 15) is 4.79 Å². The molecule has 0 aromatic carbocycles. The van der Waals surface area contributed by atoms with Crippen LogP contribution >= 0.6 is 11.3 Å². The highest BCUT2D eigenvalue weighted by Crippen LogP contribution is 2.24. The van der Waals surface area contributed by atoms with Crippen molar-refractivity contribution < 1.29 is 9.53 Å². The van der Waals surface area contributed by atoms with E-state index in [1.165, 1.54) is 28.2 Å². The molecule has 112 valence electrons. The molecule has 0 saturated carbocycles. The van der Waals surface area contributed by atoms with E-state index in [1.54, 1.807) is 0 Å². The summed E-state index contributed by atoms with van der Waals surface area (Å²) in [5, 5.41) is 0. The average Bonchev–Trinajstić information content (AvgIpc) is 2.80. The third kappa shape index (κ3) is 3.79. The van der Waals surface area contributed by atoms with Crippen LogP contribution in [0.25, 0.3) is 0 Å². The van der Waals surface area contributed by atoms with Crippen molar-refractivity contribution in [2.45, 2.75) is 39.3 Å². The van der Waals surface area contributed by atoms with Crippen molar-refractivity contribution in [3.63, 3.8) is 0 Å². The number of hydrazine groups is 1. The first-order valence-electron chi connectivity index (χ1n) is 7.08. The van der Waals surface area contributed by atoms with Gasteiger partial charge in [-0.3, -0.25) is 15.1 Å². The fourth-order valence-electron chi connectivity index (χ4n) is 2.63. The van der Waals surface area contributed by atoms with E-state index in [0.717, 1.165) is 32.7 Å². The molecule has 1 atom stereocenters. The number of aryl methyl sites for hydroxylation is 1. The number of carbonyl (C=O) groups is 1. The second-order valence-corrected chi connectivity index (χ2v) is 6.38. The quantitative estimate of drug-likeness (QED) is 0.493. The molecular formula is C14H23N3O2S. The molecule has 0 spiro atoms. The van der Waals surface area contributed by atoms with Crippen LogP contribution < -0.4 is 11.3 Å². The Labute approximate surface area is 124 Å². The maximum atomic E-state index is 11.5. The Morgan fingerprint density at radius 2 is 2.45 bits per heavy atom. The van der Waals surface area contributed by atoms with Crippen LogP contribution in [0.1, 0.15) is 39.9 Å². The van der Waals surface area contributed by atoms with Crippen LogP contribution in [0.2, 0.25) is 0 Å². The Kier molecular flexibility index (Phi) is 5.54. The van der Waals surface area contributed by atoms with E-state index in [1.807, 2.05) is 13.0 Å². The van der Waals surface area contributed by atoms with E-state index in [0.29, 0.717) is 11.0 Å². The van der Waals surface area contributed by atoms with E-state index in [2.05, 4.69) is 17.2 Å². The normalized spacial score (nSPS) is 20.1. The van der Waals surface area contributed by atoms with Gasteiger partial charge in [-0.05, 0) is 44.9 Å². The number of nitrogens with one attached hydrogen (secondary N) is 1. The maximum Gasteiger partial charge on any atom is 0.275 e. The molecule has 1 aromatic heterocycles. The smallest absolute Gasteiger partial charge is 0.275 e. The van der Waals surface area contributed by atoms with Gasteiger partial charge in [0.15, 0.2) is 0 Å². The number of nitrogen functional groups attached to an aromatic ring is 1. The highest BCUT2D eigenvalue weighted by Gasteiger charge is 2.21. The summed E-state index contributed by atoms with van der Waals surface area (Å²) in [6.07, 6.45) is 2.66. The molecule has 3 N–H and O–H groups in total. The zero-order valence-electron chi connectivity index (χ0n) is 12.1. The number of nitrogens with zero attached hydrogens (tertiary/aromatic N) is 1. The topological polar surface area (TPSA) is 67.6 Å². The van der Waals surface area contributed by atoms with Gasteiger partial charge >= 0.3 is 0 Å². The molecule has 1 saturated heterocycles. The summed E-state index contributed by atoms with van der Waals surface area (Å²) in [6.45, 7) is 7.82. The summed E-state index contributed by atoms with van der Waals surface area (Å²) < 4.78 is 5.72. The highest BCUT2D eigenvalue weighted by atomic mass is 32.1. The minimum atomic E-state index is -0.213. The first-order valence-corrected chi connectivity index (χ1v) is 7.90. The van der Waals surface area contributed by atoms with Crippen molar-refractivity contribution in [2.24, 2.45) is 5.84 Å². The molecule has 1 fully saturated rings. The van der Waals surface area contributed by atoms with Gasteiger partial charge in [-0.15, -0.1) is 11.3 Å². The van der Waals surface area contributed by atoms with E-state index >= 15 is 0 Å². The lowest BCUT2D eigenvalue weighted by Crippen LogP contribution is -2.39. The van der Waals surface area contributed by atoms with Crippen molar-refractivity contribution in [1.82, 2.24) is 10.3 Å². The van der Waals surface area contributed by atoms with Gasteiger partial charge < -0.3 is 4.74 Å². The van der Waals surface area contributed by atoms with Crippen molar-refractivity contribution in [3.8, 4) is 0 Å². The van der Waals surface area contributed by atoms with Crippen LogP contribution in [0.5, 0.6) is 0 Å². The number of likely N-dealkylation sites (tertiary alicyclic amines) is 1. The molecule has 6 heteroatoms. The molecule has 1 aliphatic heterocycles. The summed E-state index contributed by atoms with van der Waals surface area (Å²) in [6, 6.07) is 1.95. The number of piperidine rings is 1. The molecule has 0 aliphatic carbocycles. The van der Waals surface area contributed by atoms with Crippen LogP contribution in [-0.2, 0) is 11.3 Å². The molecule has 5 nitrogen and oxygen atoms in total. The van der Waals surface area contributed by atoms with Gasteiger partial charge in [0.2, 0.25) is 0 Å². The van der Waals surface area contributed by atoms with Gasteiger partial charge in [0.25, 0.3) is 5.91 Å². The van der Waals surface area contributed by atoms with Crippen molar-refractivity contribution in [3.05, 3.63) is 21.4 Å². The zero-order valence-corrected chi connectivity index (χ0v) is 13.0. The molecule has 2 rings (SSSR count). The lowest BCUT2D eigenvalue weighted by atomic mass is 10.1. The summed E-state index contributed by atoms with van der Waals surface area (Å²) in [4.78, 5) is 15.8. The minimum Gasteiger partial charge on any atom is -0.377 e. The van der Waals surface area contributed by atoms with Crippen LogP contribution in [-0.4, -0.2) is 36.6 Å². The molecule has 1 aromatic rings. The molecule has 1 amide bonds. The van der Waals surface area contributed by atoms with Crippen molar-refractivity contribution in [1.29, 1.82) is 0 Å². The van der Waals surface area contributed by atoms with E-state index in [4.69, 9.17) is 10.6 Å². The molecule has 1 unspecified atom stereocenters. The Morgan fingerprint density at radius 1 is 1.65 bits per heavy atom. The fourth-order valence-corrected chi connectivity index (χ4v) is 3.57. The Hall–Kier alpha value is -0.950. The first kappa shape index (κ1) is 15.4. The van der Waals surface area contributed by atoms with Crippen LogP contribution in [0.15, 0.2) is 6.07 Å². The summed E-state index contributed by atoms with van der Waals surface area (Å²) in [5.41, 5.74) is 3.40. The SMILES string of the molecule is CCOC1CCCN(Cc2cc(C(=O)NN)sc2C)C1. The predicted octanol–water partition coefficient (Wildman–Crippen LogP) is 1.66. The van der Waals surface area contributed by atoms with Crippen LogP contribution in [0, 0.1) is 6.92 Å². The molecule has 1 aliphatic rings. The van der Waals surface area contributed by atoms with Gasteiger partial charge in [0, 0.05) is 24.6 Å². The summed E-state index contributed by atoms with van der Waals surface area (Å²) in [5.74, 6) is 4.97. The zero-order chi connectivity index (χ0) is 14.5. The molecular weight excluding hydrogens is 274 g/mol. The lowest BCUT2D eigenvalue weighted by molar-refractivity contribution is 0.00361. The molecule has 20 heavy (non-hydrogen) atoms. The first-order chi connectivity index (χ1) is 9.63. The summed E-state index contributed by atoms with van der Waals surface area (Å²) >= 11 is 1.50.